The molecule has 7 nitrogen and oxygen atoms in total. The number of fused-ring (bicyclic) bond motifs is 1. The maximum atomic E-state index is 6.14. The Labute approximate surface area is 141 Å². The number of hydrogen-bond donors (Lipinski definition) is 1. The highest BCUT2D eigenvalue weighted by atomic mass is 16.5. The number of rotatable bonds is 6. The fourth-order valence-electron chi connectivity index (χ4n) is 2.86. The second-order valence-corrected chi connectivity index (χ2v) is 5.61. The van der Waals surface area contributed by atoms with Crippen molar-refractivity contribution >= 4 is 22.7 Å². The van der Waals surface area contributed by atoms with E-state index in [0.29, 0.717) is 29.9 Å². The van der Waals surface area contributed by atoms with E-state index in [9.17, 15) is 0 Å². The lowest BCUT2D eigenvalue weighted by atomic mass is 10.2. The van der Waals surface area contributed by atoms with Gasteiger partial charge in [-0.1, -0.05) is 6.08 Å². The summed E-state index contributed by atoms with van der Waals surface area (Å²) >= 11 is 0. The van der Waals surface area contributed by atoms with Crippen LogP contribution in [0.25, 0.3) is 10.9 Å². The highest BCUT2D eigenvalue weighted by Crippen LogP contribution is 2.34. The topological polar surface area (TPSA) is 82.7 Å². The summed E-state index contributed by atoms with van der Waals surface area (Å²) in [4.78, 5) is 11.2. The van der Waals surface area contributed by atoms with Crippen LogP contribution in [0, 0.1) is 0 Å². The zero-order chi connectivity index (χ0) is 17.1. The number of aromatic nitrogens is 2. The van der Waals surface area contributed by atoms with Crippen LogP contribution in [0.15, 0.2) is 24.8 Å². The minimum Gasteiger partial charge on any atom is -0.493 e. The predicted octanol–water partition coefficient (Wildman–Crippen LogP) is 2.01. The Hall–Kier alpha value is -2.54. The molecule has 24 heavy (non-hydrogen) atoms. The summed E-state index contributed by atoms with van der Waals surface area (Å²) in [5.74, 6) is 2.25. The average molecular weight is 330 g/mol. The van der Waals surface area contributed by atoms with Crippen LogP contribution in [0.1, 0.15) is 6.42 Å². The average Bonchev–Trinajstić information content (AvgIpc) is 3.07. The van der Waals surface area contributed by atoms with Crippen LogP contribution in [-0.2, 0) is 4.74 Å². The molecule has 1 aliphatic rings. The Morgan fingerprint density at radius 3 is 2.75 bits per heavy atom. The van der Waals surface area contributed by atoms with Crippen LogP contribution in [0.2, 0.25) is 0 Å². The third-order valence-corrected chi connectivity index (χ3v) is 4.10. The van der Waals surface area contributed by atoms with Crippen LogP contribution in [0.5, 0.6) is 11.5 Å². The Kier molecular flexibility index (Phi) is 4.71. The van der Waals surface area contributed by atoms with Crippen molar-refractivity contribution in [2.24, 2.45) is 0 Å². The van der Waals surface area contributed by atoms with E-state index >= 15 is 0 Å². The summed E-state index contributed by atoms with van der Waals surface area (Å²) in [6.07, 6.45) is 2.85. The van der Waals surface area contributed by atoms with Gasteiger partial charge >= 0.3 is 0 Å². The predicted molar refractivity (Wildman–Crippen MR) is 93.8 cm³/mol. The van der Waals surface area contributed by atoms with E-state index in [-0.39, 0.29) is 6.10 Å². The fraction of sp³-hybridized carbons (Fsp3) is 0.412. The Morgan fingerprint density at radius 2 is 2.04 bits per heavy atom. The van der Waals surface area contributed by atoms with E-state index in [4.69, 9.17) is 19.9 Å². The van der Waals surface area contributed by atoms with Gasteiger partial charge in [-0.05, 0) is 12.5 Å². The first-order chi connectivity index (χ1) is 11.7. The summed E-state index contributed by atoms with van der Waals surface area (Å²) in [6.45, 7) is 5.80. The third-order valence-electron chi connectivity index (χ3n) is 4.10. The van der Waals surface area contributed by atoms with Crippen LogP contribution in [-0.4, -0.2) is 50.0 Å². The first-order valence-corrected chi connectivity index (χ1v) is 7.83. The van der Waals surface area contributed by atoms with Gasteiger partial charge in [0.2, 0.25) is 5.95 Å². The van der Waals surface area contributed by atoms with Crippen molar-refractivity contribution in [2.75, 3.05) is 44.5 Å². The van der Waals surface area contributed by atoms with Crippen LogP contribution >= 0.6 is 0 Å². The number of ether oxygens (including phenoxy) is 3. The first-order valence-electron chi connectivity index (χ1n) is 7.83. The van der Waals surface area contributed by atoms with Gasteiger partial charge in [-0.25, -0.2) is 4.98 Å². The zero-order valence-corrected chi connectivity index (χ0v) is 14.0. The van der Waals surface area contributed by atoms with Gasteiger partial charge in [-0.15, -0.1) is 6.58 Å². The van der Waals surface area contributed by atoms with Crippen molar-refractivity contribution in [2.45, 2.75) is 12.5 Å². The fourth-order valence-corrected chi connectivity index (χ4v) is 2.86. The van der Waals surface area contributed by atoms with Gasteiger partial charge in [0.1, 0.15) is 5.82 Å². The highest BCUT2D eigenvalue weighted by Gasteiger charge is 2.25. The molecular formula is C17H22N4O3. The lowest BCUT2D eigenvalue weighted by Gasteiger charge is -2.18. The molecule has 0 saturated carbocycles. The molecule has 7 heteroatoms. The molecule has 1 fully saturated rings. The molecule has 1 aromatic carbocycles. The van der Waals surface area contributed by atoms with Gasteiger partial charge in [0.25, 0.3) is 0 Å². The molecule has 0 radical (unpaired) electrons. The molecule has 0 amide bonds. The standard InChI is InChI=1S/C17H22N4O3/c1-4-7-24-11-5-6-21(10-11)17-19-13-9-15(23-3)14(22-2)8-12(13)16(18)20-17/h4,8-9,11H,1,5-7,10H2,2-3H3,(H2,18,19,20). The number of anilines is 2. The van der Waals surface area contributed by atoms with Crippen molar-refractivity contribution in [1.82, 2.24) is 9.97 Å². The second-order valence-electron chi connectivity index (χ2n) is 5.61. The third kappa shape index (κ3) is 3.07. The van der Waals surface area contributed by atoms with E-state index in [1.165, 1.54) is 0 Å². The number of benzene rings is 1. The number of nitrogens with zero attached hydrogens (tertiary/aromatic N) is 3. The number of methoxy groups -OCH3 is 2. The second kappa shape index (κ2) is 6.92. The minimum absolute atomic E-state index is 0.161. The molecule has 3 rings (SSSR count). The molecule has 1 atom stereocenters. The Morgan fingerprint density at radius 1 is 1.29 bits per heavy atom. The van der Waals surface area contributed by atoms with Crippen molar-refractivity contribution in [3.05, 3.63) is 24.8 Å². The Bertz CT molecular complexity index is 750. The van der Waals surface area contributed by atoms with Gasteiger partial charge in [-0.3, -0.25) is 0 Å². The van der Waals surface area contributed by atoms with Crippen molar-refractivity contribution in [3.63, 3.8) is 0 Å². The summed E-state index contributed by atoms with van der Waals surface area (Å²) < 4.78 is 16.4. The maximum Gasteiger partial charge on any atom is 0.227 e. The number of nitrogens with two attached hydrogens (primary N) is 1. The Balaban J connectivity index is 1.91. The van der Waals surface area contributed by atoms with Crippen LogP contribution < -0.4 is 20.1 Å². The van der Waals surface area contributed by atoms with Crippen LogP contribution in [0.4, 0.5) is 11.8 Å². The molecule has 2 aromatic rings. The molecule has 2 N–H and O–H groups in total. The van der Waals surface area contributed by atoms with Gasteiger partial charge in [0, 0.05) is 24.5 Å². The SMILES string of the molecule is C=CCOC1CCN(c2nc(N)c3cc(OC)c(OC)cc3n2)C1. The molecule has 1 saturated heterocycles. The first kappa shape index (κ1) is 16.3. The lowest BCUT2D eigenvalue weighted by Crippen LogP contribution is -2.25. The number of hydrogen-bond acceptors (Lipinski definition) is 7. The zero-order valence-electron chi connectivity index (χ0n) is 14.0. The molecular weight excluding hydrogens is 308 g/mol. The van der Waals surface area contributed by atoms with Crippen molar-refractivity contribution in [1.29, 1.82) is 0 Å². The quantitative estimate of drug-likeness (QED) is 0.811. The van der Waals surface area contributed by atoms with E-state index < -0.39 is 0 Å². The molecule has 2 heterocycles. The van der Waals surface area contributed by atoms with Gasteiger partial charge in [-0.2, -0.15) is 4.98 Å². The van der Waals surface area contributed by atoms with Crippen molar-refractivity contribution < 1.29 is 14.2 Å². The number of nitrogen functional groups attached to an aromatic ring is 1. The van der Waals surface area contributed by atoms with Gasteiger partial charge in [0.05, 0.1) is 32.4 Å². The molecule has 0 spiro atoms. The summed E-state index contributed by atoms with van der Waals surface area (Å²) in [7, 11) is 3.18. The molecule has 0 aliphatic carbocycles. The smallest absolute Gasteiger partial charge is 0.227 e. The van der Waals surface area contributed by atoms with Crippen molar-refractivity contribution in [3.8, 4) is 11.5 Å². The highest BCUT2D eigenvalue weighted by molar-refractivity contribution is 5.91. The van der Waals surface area contributed by atoms with E-state index in [1.54, 1.807) is 26.4 Å². The maximum absolute atomic E-state index is 6.14. The summed E-state index contributed by atoms with van der Waals surface area (Å²) in [6, 6.07) is 3.62. The molecule has 0 bridgehead atoms. The molecule has 1 aliphatic heterocycles. The van der Waals surface area contributed by atoms with Crippen LogP contribution in [0.3, 0.4) is 0 Å². The van der Waals surface area contributed by atoms with E-state index in [2.05, 4.69) is 21.4 Å². The molecule has 1 aromatic heterocycles. The van der Waals surface area contributed by atoms with Gasteiger partial charge < -0.3 is 24.8 Å². The largest absolute Gasteiger partial charge is 0.493 e. The summed E-state index contributed by atoms with van der Waals surface area (Å²) in [5.41, 5.74) is 6.86. The monoisotopic (exact) mass is 330 g/mol. The molecule has 1 unspecified atom stereocenters. The summed E-state index contributed by atoms with van der Waals surface area (Å²) in [5, 5.41) is 0.745. The lowest BCUT2D eigenvalue weighted by molar-refractivity contribution is 0.0908. The normalized spacial score (nSPS) is 17.2. The minimum atomic E-state index is 0.161. The van der Waals surface area contributed by atoms with Gasteiger partial charge in [0.15, 0.2) is 11.5 Å². The molecule has 128 valence electrons. The van der Waals surface area contributed by atoms with E-state index in [0.717, 1.165) is 30.4 Å². The van der Waals surface area contributed by atoms with E-state index in [1.807, 2.05) is 6.07 Å².